The molecule has 1 fully saturated rings. The first-order chi connectivity index (χ1) is 7.78. The number of nitrogens with two attached hydrogens (primary N) is 1. The highest BCUT2D eigenvalue weighted by Crippen LogP contribution is 2.23. The minimum Gasteiger partial charge on any atom is -0.330 e. The molecule has 1 aliphatic rings. The monoisotopic (exact) mass is 239 g/mol. The van der Waals surface area contributed by atoms with Crippen molar-refractivity contribution >= 4 is 11.3 Å². The summed E-state index contributed by atoms with van der Waals surface area (Å²) in [7, 11) is 2.20. The number of hydrogen-bond acceptors (Lipinski definition) is 4. The molecular formula is C12H21N3S. The smallest absolute Gasteiger partial charge is 0.0930 e. The third kappa shape index (κ3) is 3.27. The fourth-order valence-corrected chi connectivity index (χ4v) is 3.35. The van der Waals surface area contributed by atoms with Crippen LogP contribution in [0.1, 0.15) is 22.7 Å². The lowest BCUT2D eigenvalue weighted by atomic mass is 10.1. The van der Waals surface area contributed by atoms with Gasteiger partial charge in [0.25, 0.3) is 0 Å². The van der Waals surface area contributed by atoms with E-state index in [0.29, 0.717) is 0 Å². The van der Waals surface area contributed by atoms with E-state index in [9.17, 15) is 0 Å². The lowest BCUT2D eigenvalue weighted by molar-refractivity contribution is 0.394. The number of nitrogens with zero attached hydrogens (tertiary/aromatic N) is 2. The van der Waals surface area contributed by atoms with E-state index in [2.05, 4.69) is 16.9 Å². The minimum atomic E-state index is 0.778. The van der Waals surface area contributed by atoms with E-state index in [1.165, 1.54) is 29.4 Å². The summed E-state index contributed by atoms with van der Waals surface area (Å²) in [4.78, 5) is 8.32. The van der Waals surface area contributed by atoms with Crippen molar-refractivity contribution in [2.75, 3.05) is 26.7 Å². The van der Waals surface area contributed by atoms with E-state index in [1.807, 2.05) is 17.5 Å². The molecule has 1 atom stereocenters. The first-order valence-corrected chi connectivity index (χ1v) is 6.91. The van der Waals surface area contributed by atoms with E-state index >= 15 is 0 Å². The average Bonchev–Trinajstić information content (AvgIpc) is 2.86. The number of thiazole rings is 1. The van der Waals surface area contributed by atoms with Crippen LogP contribution in [0.25, 0.3) is 0 Å². The van der Waals surface area contributed by atoms with Crippen molar-refractivity contribution in [1.29, 1.82) is 0 Å². The molecule has 90 valence electrons. The van der Waals surface area contributed by atoms with Crippen LogP contribution in [0, 0.1) is 5.92 Å². The minimum absolute atomic E-state index is 0.778. The first kappa shape index (κ1) is 12.0. The fourth-order valence-electron chi connectivity index (χ4n) is 2.27. The summed E-state index contributed by atoms with van der Waals surface area (Å²) in [6, 6.07) is 0. The third-order valence-corrected chi connectivity index (χ3v) is 4.26. The van der Waals surface area contributed by atoms with Crippen LogP contribution in [-0.2, 0) is 12.8 Å². The summed E-state index contributed by atoms with van der Waals surface area (Å²) >= 11 is 1.88. The lowest BCUT2D eigenvalue weighted by Gasteiger charge is -2.07. The number of rotatable bonds is 5. The van der Waals surface area contributed by atoms with Gasteiger partial charge in [0.15, 0.2) is 0 Å². The molecule has 0 spiro atoms. The van der Waals surface area contributed by atoms with Gasteiger partial charge in [-0.2, -0.15) is 0 Å². The van der Waals surface area contributed by atoms with Gasteiger partial charge in [-0.25, -0.2) is 4.98 Å². The van der Waals surface area contributed by atoms with E-state index < -0.39 is 0 Å². The highest BCUT2D eigenvalue weighted by Gasteiger charge is 2.20. The van der Waals surface area contributed by atoms with Gasteiger partial charge < -0.3 is 10.6 Å². The predicted molar refractivity (Wildman–Crippen MR) is 68.8 cm³/mol. The quantitative estimate of drug-likeness (QED) is 0.847. The molecule has 0 amide bonds. The number of likely N-dealkylation sites (tertiary alicyclic amines) is 1. The Labute approximate surface area is 102 Å². The normalized spacial score (nSPS) is 21.8. The Morgan fingerprint density at radius 1 is 1.62 bits per heavy atom. The second-order valence-electron chi connectivity index (χ2n) is 4.73. The Bertz CT molecular complexity index is 324. The van der Waals surface area contributed by atoms with Crippen LogP contribution in [-0.4, -0.2) is 36.6 Å². The fraction of sp³-hybridized carbons (Fsp3) is 0.750. The van der Waals surface area contributed by atoms with Crippen molar-refractivity contribution in [1.82, 2.24) is 9.88 Å². The Morgan fingerprint density at radius 3 is 3.19 bits per heavy atom. The van der Waals surface area contributed by atoms with E-state index in [0.717, 1.165) is 31.7 Å². The molecule has 1 unspecified atom stereocenters. The molecule has 1 aromatic heterocycles. The Kier molecular flexibility index (Phi) is 4.32. The van der Waals surface area contributed by atoms with Crippen LogP contribution in [0.15, 0.2) is 6.20 Å². The molecule has 0 saturated carbocycles. The maximum Gasteiger partial charge on any atom is 0.0930 e. The predicted octanol–water partition coefficient (Wildman–Crippen LogP) is 1.53. The second kappa shape index (κ2) is 5.75. The Morgan fingerprint density at radius 2 is 2.50 bits per heavy atom. The van der Waals surface area contributed by atoms with Crippen LogP contribution in [0.3, 0.4) is 0 Å². The summed E-state index contributed by atoms with van der Waals surface area (Å²) in [6.45, 7) is 3.26. The van der Waals surface area contributed by atoms with E-state index in [-0.39, 0.29) is 0 Å². The zero-order valence-corrected chi connectivity index (χ0v) is 10.8. The SMILES string of the molecule is CN1CCC(Cc2ncc(CCCN)s2)C1. The van der Waals surface area contributed by atoms with Crippen molar-refractivity contribution in [3.8, 4) is 0 Å². The van der Waals surface area contributed by atoms with Crippen LogP contribution < -0.4 is 5.73 Å². The third-order valence-electron chi connectivity index (χ3n) is 3.18. The Hall–Kier alpha value is -0.450. The maximum absolute atomic E-state index is 5.51. The van der Waals surface area contributed by atoms with Gasteiger partial charge in [0.2, 0.25) is 0 Å². The van der Waals surface area contributed by atoms with Crippen molar-refractivity contribution < 1.29 is 0 Å². The van der Waals surface area contributed by atoms with Gasteiger partial charge in [-0.05, 0) is 45.3 Å². The summed E-state index contributed by atoms with van der Waals surface area (Å²) < 4.78 is 0. The molecule has 2 N–H and O–H groups in total. The summed E-state index contributed by atoms with van der Waals surface area (Å²) in [5.41, 5.74) is 5.51. The highest BCUT2D eigenvalue weighted by atomic mass is 32.1. The van der Waals surface area contributed by atoms with Crippen LogP contribution >= 0.6 is 11.3 Å². The van der Waals surface area contributed by atoms with Gasteiger partial charge >= 0.3 is 0 Å². The van der Waals surface area contributed by atoms with Gasteiger partial charge in [0.1, 0.15) is 0 Å². The molecule has 2 rings (SSSR count). The molecule has 0 aromatic carbocycles. The summed E-state index contributed by atoms with van der Waals surface area (Å²) in [5.74, 6) is 0.818. The molecule has 4 heteroatoms. The van der Waals surface area contributed by atoms with Crippen LogP contribution in [0.2, 0.25) is 0 Å². The standard InChI is InChI=1S/C12H21N3S/c1-15-6-4-10(9-15)7-12-14-8-11(16-12)3-2-5-13/h8,10H,2-7,9,13H2,1H3. The van der Waals surface area contributed by atoms with Gasteiger partial charge in [-0.15, -0.1) is 11.3 Å². The molecular weight excluding hydrogens is 218 g/mol. The maximum atomic E-state index is 5.51. The van der Waals surface area contributed by atoms with Crippen LogP contribution in [0.5, 0.6) is 0 Å². The number of aromatic nitrogens is 1. The zero-order chi connectivity index (χ0) is 11.4. The highest BCUT2D eigenvalue weighted by molar-refractivity contribution is 7.11. The van der Waals surface area contributed by atoms with Gasteiger partial charge in [-0.3, -0.25) is 0 Å². The first-order valence-electron chi connectivity index (χ1n) is 6.10. The number of hydrogen-bond donors (Lipinski definition) is 1. The van der Waals surface area contributed by atoms with Crippen molar-refractivity contribution in [3.05, 3.63) is 16.1 Å². The second-order valence-corrected chi connectivity index (χ2v) is 5.93. The molecule has 0 aliphatic carbocycles. The van der Waals surface area contributed by atoms with Crippen molar-refractivity contribution in [3.63, 3.8) is 0 Å². The molecule has 1 aromatic rings. The largest absolute Gasteiger partial charge is 0.330 e. The van der Waals surface area contributed by atoms with Gasteiger partial charge in [0.05, 0.1) is 5.01 Å². The summed E-state index contributed by atoms with van der Waals surface area (Å²) in [6.07, 6.45) is 6.70. The van der Waals surface area contributed by atoms with Crippen molar-refractivity contribution in [2.24, 2.45) is 11.7 Å². The molecule has 3 nitrogen and oxygen atoms in total. The molecule has 16 heavy (non-hydrogen) atoms. The molecule has 1 aliphatic heterocycles. The topological polar surface area (TPSA) is 42.2 Å². The Balaban J connectivity index is 1.83. The zero-order valence-electron chi connectivity index (χ0n) is 9.98. The van der Waals surface area contributed by atoms with Gasteiger partial charge in [-0.1, -0.05) is 0 Å². The average molecular weight is 239 g/mol. The van der Waals surface area contributed by atoms with E-state index in [1.54, 1.807) is 0 Å². The van der Waals surface area contributed by atoms with Crippen LogP contribution in [0.4, 0.5) is 0 Å². The molecule has 2 heterocycles. The molecule has 0 bridgehead atoms. The summed E-state index contributed by atoms with van der Waals surface area (Å²) in [5, 5.41) is 1.31. The van der Waals surface area contributed by atoms with Crippen molar-refractivity contribution in [2.45, 2.75) is 25.7 Å². The molecule has 0 radical (unpaired) electrons. The molecule has 1 saturated heterocycles. The number of aryl methyl sites for hydroxylation is 1. The lowest BCUT2D eigenvalue weighted by Crippen LogP contribution is -2.14. The van der Waals surface area contributed by atoms with Gasteiger partial charge in [0, 0.05) is 24.0 Å². The van der Waals surface area contributed by atoms with E-state index in [4.69, 9.17) is 5.73 Å².